The minimum atomic E-state index is 0.195. The fourth-order valence-corrected chi connectivity index (χ4v) is 1.21. The average molecular weight is 186 g/mol. The van der Waals surface area contributed by atoms with Gasteiger partial charge in [-0.1, -0.05) is 23.7 Å². The van der Waals surface area contributed by atoms with Gasteiger partial charge in [-0.25, -0.2) is 0 Å². The zero-order valence-electron chi connectivity index (χ0n) is 6.76. The fraction of sp³-hybridized carbons (Fsp3) is 0.222. The van der Waals surface area contributed by atoms with Gasteiger partial charge >= 0.3 is 0 Å². The summed E-state index contributed by atoms with van der Waals surface area (Å²) in [5.41, 5.74) is 0.877. The molecule has 0 saturated heterocycles. The number of halogens is 1. The van der Waals surface area contributed by atoms with Crippen LogP contribution >= 0.6 is 11.6 Å². The van der Waals surface area contributed by atoms with E-state index in [-0.39, 0.29) is 5.75 Å². The normalized spacial score (nSPS) is 10.2. The summed E-state index contributed by atoms with van der Waals surface area (Å²) < 4.78 is 0. The molecule has 0 fully saturated rings. The van der Waals surface area contributed by atoms with Crippen LogP contribution in [0.15, 0.2) is 18.2 Å². The highest BCUT2D eigenvalue weighted by molar-refractivity contribution is 6.32. The molecule has 66 valence electrons. The first-order valence-electron chi connectivity index (χ1n) is 3.83. The molecule has 0 aliphatic rings. The van der Waals surface area contributed by atoms with Gasteiger partial charge in [0.05, 0.1) is 11.6 Å². The molecule has 0 heterocycles. The first-order chi connectivity index (χ1) is 5.75. The SMILES string of the molecule is [CH2-][NH2+]CCc1cccc(Cl)c1O. The number of phenols is 1. The maximum atomic E-state index is 9.46. The van der Waals surface area contributed by atoms with Gasteiger partial charge in [-0.2, -0.15) is 7.05 Å². The van der Waals surface area contributed by atoms with E-state index in [9.17, 15) is 5.11 Å². The Labute approximate surface area is 77.2 Å². The molecule has 1 rings (SSSR count). The van der Waals surface area contributed by atoms with E-state index in [4.69, 9.17) is 11.6 Å². The van der Waals surface area contributed by atoms with Gasteiger partial charge in [0.2, 0.25) is 0 Å². The number of hydrogen-bond acceptors (Lipinski definition) is 1. The molecule has 0 aliphatic heterocycles. The van der Waals surface area contributed by atoms with Crippen molar-refractivity contribution in [1.29, 1.82) is 0 Å². The molecule has 3 heteroatoms. The van der Waals surface area contributed by atoms with Crippen molar-refractivity contribution in [3.8, 4) is 5.75 Å². The summed E-state index contributed by atoms with van der Waals surface area (Å²) in [6.07, 6.45) is 0.788. The Kier molecular flexibility index (Phi) is 3.38. The lowest BCUT2D eigenvalue weighted by Crippen LogP contribution is -2.77. The van der Waals surface area contributed by atoms with Gasteiger partial charge in [-0.15, -0.1) is 0 Å². The topological polar surface area (TPSA) is 36.8 Å². The zero-order valence-corrected chi connectivity index (χ0v) is 7.51. The van der Waals surface area contributed by atoms with E-state index in [1.54, 1.807) is 6.07 Å². The molecule has 0 bridgehead atoms. The summed E-state index contributed by atoms with van der Waals surface area (Å²) in [6.45, 7) is 0.855. The highest BCUT2D eigenvalue weighted by atomic mass is 35.5. The van der Waals surface area contributed by atoms with Crippen LogP contribution in [0.4, 0.5) is 0 Å². The van der Waals surface area contributed by atoms with E-state index in [0.717, 1.165) is 18.5 Å². The van der Waals surface area contributed by atoms with Crippen LogP contribution in [0.5, 0.6) is 5.75 Å². The highest BCUT2D eigenvalue weighted by Gasteiger charge is 2.03. The molecule has 0 saturated carbocycles. The molecule has 0 aromatic heterocycles. The molecule has 0 amide bonds. The summed E-state index contributed by atoms with van der Waals surface area (Å²) in [5.74, 6) is 0.195. The summed E-state index contributed by atoms with van der Waals surface area (Å²) in [6, 6.07) is 5.37. The molecule has 2 nitrogen and oxygen atoms in total. The van der Waals surface area contributed by atoms with Crippen molar-refractivity contribution in [1.82, 2.24) is 0 Å². The number of nitrogens with two attached hydrogens (primary N) is 1. The molecule has 0 unspecified atom stereocenters. The largest absolute Gasteiger partial charge is 0.506 e. The summed E-state index contributed by atoms with van der Waals surface area (Å²) in [5, 5.41) is 11.7. The molecule has 1 aromatic carbocycles. The third kappa shape index (κ3) is 2.13. The predicted octanol–water partition coefficient (Wildman–Crippen LogP) is 0.943. The molecule has 3 N–H and O–H groups in total. The maximum absolute atomic E-state index is 9.46. The molecule has 0 aliphatic carbocycles. The minimum Gasteiger partial charge on any atom is -0.506 e. The van der Waals surface area contributed by atoms with E-state index >= 15 is 0 Å². The molecular weight excluding hydrogens is 174 g/mol. The van der Waals surface area contributed by atoms with Crippen molar-refractivity contribution in [2.24, 2.45) is 0 Å². The van der Waals surface area contributed by atoms with Crippen LogP contribution in [-0.2, 0) is 6.42 Å². The fourth-order valence-electron chi connectivity index (χ4n) is 1.02. The Bertz CT molecular complexity index is 263. The molecular formula is C9H12ClNO. The number of quaternary nitrogens is 1. The van der Waals surface area contributed by atoms with Crippen LogP contribution in [-0.4, -0.2) is 11.7 Å². The van der Waals surface area contributed by atoms with Gasteiger partial charge in [0.15, 0.2) is 0 Å². The lowest BCUT2D eigenvalue weighted by atomic mass is 10.1. The van der Waals surface area contributed by atoms with Crippen LogP contribution in [0.3, 0.4) is 0 Å². The van der Waals surface area contributed by atoms with Gasteiger partial charge in [0, 0.05) is 12.0 Å². The molecule has 0 radical (unpaired) electrons. The van der Waals surface area contributed by atoms with E-state index in [2.05, 4.69) is 7.05 Å². The Morgan fingerprint density at radius 1 is 1.50 bits per heavy atom. The third-order valence-electron chi connectivity index (χ3n) is 1.69. The molecule has 0 spiro atoms. The first kappa shape index (κ1) is 9.36. The van der Waals surface area contributed by atoms with E-state index < -0.39 is 0 Å². The molecule has 1 aromatic rings. The number of aromatic hydroxyl groups is 1. The average Bonchev–Trinajstić information content (AvgIpc) is 2.08. The van der Waals surface area contributed by atoms with Crippen LogP contribution in [0, 0.1) is 7.05 Å². The second-order valence-corrected chi connectivity index (χ2v) is 2.98. The summed E-state index contributed by atoms with van der Waals surface area (Å²) in [7, 11) is 3.61. The van der Waals surface area contributed by atoms with E-state index in [0.29, 0.717) is 5.02 Å². The van der Waals surface area contributed by atoms with E-state index in [1.165, 1.54) is 0 Å². The number of phenolic OH excluding ortho intramolecular Hbond substituents is 1. The van der Waals surface area contributed by atoms with Crippen molar-refractivity contribution in [2.45, 2.75) is 6.42 Å². The second kappa shape index (κ2) is 4.33. The van der Waals surface area contributed by atoms with Crippen molar-refractivity contribution >= 4 is 11.6 Å². The van der Waals surface area contributed by atoms with Gasteiger partial charge in [0.25, 0.3) is 0 Å². The van der Waals surface area contributed by atoms with Crippen molar-refractivity contribution < 1.29 is 10.4 Å². The first-order valence-corrected chi connectivity index (χ1v) is 4.20. The number of benzene rings is 1. The quantitative estimate of drug-likeness (QED) is 0.676. The molecule has 12 heavy (non-hydrogen) atoms. The van der Waals surface area contributed by atoms with Gasteiger partial charge in [-0.05, 0) is 6.07 Å². The molecule has 0 atom stereocenters. The number of rotatable bonds is 3. The predicted molar refractivity (Wildman–Crippen MR) is 49.0 cm³/mol. The Morgan fingerprint density at radius 2 is 2.25 bits per heavy atom. The second-order valence-electron chi connectivity index (χ2n) is 2.57. The Hall–Kier alpha value is -0.730. The number of para-hydroxylation sites is 1. The van der Waals surface area contributed by atoms with Crippen LogP contribution < -0.4 is 5.32 Å². The summed E-state index contributed by atoms with van der Waals surface area (Å²) >= 11 is 5.72. The van der Waals surface area contributed by atoms with E-state index in [1.807, 2.05) is 17.4 Å². The van der Waals surface area contributed by atoms with Crippen molar-refractivity contribution in [2.75, 3.05) is 6.54 Å². The van der Waals surface area contributed by atoms with Crippen molar-refractivity contribution in [3.05, 3.63) is 35.8 Å². The Balaban J connectivity index is 2.78. The zero-order chi connectivity index (χ0) is 8.97. The smallest absolute Gasteiger partial charge is 0.137 e. The lowest BCUT2D eigenvalue weighted by molar-refractivity contribution is -0.594. The standard InChI is InChI=1S/C9H12ClNO/c1-11-6-5-7-3-2-4-8(10)9(7)12/h2-4,12H,1,5-6,11H2. The Morgan fingerprint density at radius 3 is 2.92 bits per heavy atom. The van der Waals surface area contributed by atoms with Crippen LogP contribution in [0.2, 0.25) is 5.02 Å². The number of hydrogen-bond donors (Lipinski definition) is 2. The van der Waals surface area contributed by atoms with Gasteiger partial charge in [-0.3, -0.25) is 0 Å². The lowest BCUT2D eigenvalue weighted by Gasteiger charge is -2.04. The minimum absolute atomic E-state index is 0.195. The van der Waals surface area contributed by atoms with Crippen molar-refractivity contribution in [3.63, 3.8) is 0 Å². The van der Waals surface area contributed by atoms with Gasteiger partial charge in [0.1, 0.15) is 5.75 Å². The van der Waals surface area contributed by atoms with Crippen LogP contribution in [0.1, 0.15) is 5.56 Å². The highest BCUT2D eigenvalue weighted by Crippen LogP contribution is 2.26. The van der Waals surface area contributed by atoms with Crippen LogP contribution in [0.25, 0.3) is 0 Å². The monoisotopic (exact) mass is 185 g/mol. The summed E-state index contributed by atoms with van der Waals surface area (Å²) in [4.78, 5) is 0. The van der Waals surface area contributed by atoms with Gasteiger partial charge < -0.3 is 10.4 Å². The maximum Gasteiger partial charge on any atom is 0.137 e. The third-order valence-corrected chi connectivity index (χ3v) is 1.99.